The molecule has 4 N–H and O–H groups in total. The molecule has 0 aliphatic rings. The zero-order valence-corrected chi connectivity index (χ0v) is 11.9. The van der Waals surface area contributed by atoms with Crippen molar-refractivity contribution in [1.29, 1.82) is 0 Å². The molecular weight excluding hydrogens is 290 g/mol. The van der Waals surface area contributed by atoms with Crippen molar-refractivity contribution in [3.8, 4) is 0 Å². The van der Waals surface area contributed by atoms with Crippen LogP contribution in [-0.4, -0.2) is 18.4 Å². The third-order valence-corrected chi connectivity index (χ3v) is 2.96. The Morgan fingerprint density at radius 2 is 1.62 bits per heavy atom. The van der Waals surface area contributed by atoms with Gasteiger partial charge in [-0.1, -0.05) is 11.6 Å². The largest absolute Gasteiger partial charge is 0.399 e. The number of amides is 2. The Bertz CT molecular complexity index is 639. The average Bonchev–Trinajstić information content (AvgIpc) is 2.48. The summed E-state index contributed by atoms with van der Waals surface area (Å²) >= 11 is 5.75. The lowest BCUT2D eigenvalue weighted by atomic mass is 10.2. The highest BCUT2D eigenvalue weighted by atomic mass is 35.5. The number of nitrogens with one attached hydrogen (secondary N) is 2. The number of rotatable bonds is 4. The number of nitrogens with two attached hydrogens (primary N) is 1. The highest BCUT2D eigenvalue weighted by Crippen LogP contribution is 2.13. The van der Waals surface area contributed by atoms with Crippen molar-refractivity contribution in [1.82, 2.24) is 5.32 Å². The molecule has 2 aromatic carbocycles. The molecule has 0 heterocycles. The van der Waals surface area contributed by atoms with Crippen LogP contribution in [0.25, 0.3) is 0 Å². The second-order valence-electron chi connectivity index (χ2n) is 4.36. The predicted octanol–water partition coefficient (Wildman–Crippen LogP) is 2.29. The first-order valence-corrected chi connectivity index (χ1v) is 6.61. The number of benzene rings is 2. The molecule has 0 unspecified atom stereocenters. The van der Waals surface area contributed by atoms with E-state index < -0.39 is 0 Å². The minimum Gasteiger partial charge on any atom is -0.399 e. The molecule has 108 valence electrons. The summed E-state index contributed by atoms with van der Waals surface area (Å²) in [5.74, 6) is -0.651. The summed E-state index contributed by atoms with van der Waals surface area (Å²) in [5.41, 5.74) is 7.18. The van der Waals surface area contributed by atoms with Crippen LogP contribution in [0.2, 0.25) is 5.02 Å². The van der Waals surface area contributed by atoms with Crippen LogP contribution in [0.15, 0.2) is 48.5 Å². The van der Waals surface area contributed by atoms with Crippen LogP contribution >= 0.6 is 11.6 Å². The molecule has 0 saturated heterocycles. The van der Waals surface area contributed by atoms with E-state index in [1.54, 1.807) is 48.5 Å². The third-order valence-electron chi connectivity index (χ3n) is 2.71. The summed E-state index contributed by atoms with van der Waals surface area (Å²) in [6.45, 7) is -0.119. The molecule has 21 heavy (non-hydrogen) atoms. The Morgan fingerprint density at radius 3 is 2.24 bits per heavy atom. The Balaban J connectivity index is 1.84. The van der Waals surface area contributed by atoms with Crippen molar-refractivity contribution < 1.29 is 9.59 Å². The normalized spacial score (nSPS) is 9.95. The SMILES string of the molecule is Nc1ccc(C(=O)NCC(=O)Nc2ccc(Cl)cc2)cc1. The molecule has 0 fully saturated rings. The molecule has 0 saturated carbocycles. The lowest BCUT2D eigenvalue weighted by Crippen LogP contribution is -2.32. The van der Waals surface area contributed by atoms with Gasteiger partial charge in [-0.15, -0.1) is 0 Å². The number of anilines is 2. The maximum Gasteiger partial charge on any atom is 0.251 e. The van der Waals surface area contributed by atoms with E-state index in [0.29, 0.717) is 22.0 Å². The van der Waals surface area contributed by atoms with E-state index in [9.17, 15) is 9.59 Å². The lowest BCUT2D eigenvalue weighted by Gasteiger charge is -2.07. The molecule has 0 radical (unpaired) electrons. The lowest BCUT2D eigenvalue weighted by molar-refractivity contribution is -0.115. The number of nitrogen functional groups attached to an aromatic ring is 1. The van der Waals surface area contributed by atoms with Gasteiger partial charge in [-0.2, -0.15) is 0 Å². The molecule has 6 heteroatoms. The molecule has 0 aromatic heterocycles. The molecule has 2 amide bonds. The van der Waals surface area contributed by atoms with Gasteiger partial charge >= 0.3 is 0 Å². The van der Waals surface area contributed by atoms with Crippen molar-refractivity contribution in [2.24, 2.45) is 0 Å². The van der Waals surface area contributed by atoms with Crippen molar-refractivity contribution >= 4 is 34.8 Å². The van der Waals surface area contributed by atoms with Gasteiger partial charge in [-0.05, 0) is 48.5 Å². The molecule has 0 atom stereocenters. The summed E-state index contributed by atoms with van der Waals surface area (Å²) in [6.07, 6.45) is 0. The Kier molecular flexibility index (Phi) is 4.79. The zero-order chi connectivity index (χ0) is 15.2. The third kappa shape index (κ3) is 4.50. The summed E-state index contributed by atoms with van der Waals surface area (Å²) in [4.78, 5) is 23.5. The van der Waals surface area contributed by atoms with E-state index in [1.165, 1.54) is 0 Å². The van der Waals surface area contributed by atoms with E-state index >= 15 is 0 Å². The maximum atomic E-state index is 11.8. The molecule has 0 spiro atoms. The Morgan fingerprint density at radius 1 is 1.00 bits per heavy atom. The number of hydrogen-bond donors (Lipinski definition) is 3. The number of carbonyl (C=O) groups excluding carboxylic acids is 2. The first kappa shape index (κ1) is 14.9. The topological polar surface area (TPSA) is 84.2 Å². The zero-order valence-electron chi connectivity index (χ0n) is 11.1. The van der Waals surface area contributed by atoms with Crippen LogP contribution in [-0.2, 0) is 4.79 Å². The van der Waals surface area contributed by atoms with E-state index in [1.807, 2.05) is 0 Å². The van der Waals surface area contributed by atoms with Gasteiger partial charge in [0.15, 0.2) is 0 Å². The van der Waals surface area contributed by atoms with Gasteiger partial charge in [0.25, 0.3) is 5.91 Å². The summed E-state index contributed by atoms with van der Waals surface area (Å²) in [7, 11) is 0. The van der Waals surface area contributed by atoms with Gasteiger partial charge in [0.2, 0.25) is 5.91 Å². The van der Waals surface area contributed by atoms with Crippen LogP contribution in [0.3, 0.4) is 0 Å². The minimum absolute atomic E-state index is 0.119. The summed E-state index contributed by atoms with van der Waals surface area (Å²) < 4.78 is 0. The number of carbonyl (C=O) groups is 2. The highest BCUT2D eigenvalue weighted by molar-refractivity contribution is 6.30. The smallest absolute Gasteiger partial charge is 0.251 e. The average molecular weight is 304 g/mol. The summed E-state index contributed by atoms with van der Waals surface area (Å²) in [6, 6.07) is 13.2. The number of hydrogen-bond acceptors (Lipinski definition) is 3. The van der Waals surface area contributed by atoms with E-state index in [4.69, 9.17) is 17.3 Å². The molecule has 0 bridgehead atoms. The van der Waals surface area contributed by atoms with Crippen LogP contribution in [0.1, 0.15) is 10.4 Å². The van der Waals surface area contributed by atoms with Gasteiger partial charge in [0.1, 0.15) is 0 Å². The molecule has 0 aliphatic heterocycles. The van der Waals surface area contributed by atoms with Crippen LogP contribution < -0.4 is 16.4 Å². The molecule has 5 nitrogen and oxygen atoms in total. The van der Waals surface area contributed by atoms with E-state index in [2.05, 4.69) is 10.6 Å². The van der Waals surface area contributed by atoms with Crippen molar-refractivity contribution in [3.63, 3.8) is 0 Å². The van der Waals surface area contributed by atoms with Crippen molar-refractivity contribution in [3.05, 3.63) is 59.1 Å². The molecule has 0 aliphatic carbocycles. The highest BCUT2D eigenvalue weighted by Gasteiger charge is 2.08. The van der Waals surface area contributed by atoms with Gasteiger partial charge < -0.3 is 16.4 Å². The standard InChI is InChI=1S/C15H14ClN3O2/c16-11-3-7-13(8-4-11)19-14(20)9-18-15(21)10-1-5-12(17)6-2-10/h1-8H,9,17H2,(H,18,21)(H,19,20). The fourth-order valence-corrected chi connectivity index (χ4v) is 1.76. The summed E-state index contributed by atoms with van der Waals surface area (Å²) in [5, 5.41) is 5.77. The fraction of sp³-hybridized carbons (Fsp3) is 0.0667. The minimum atomic E-state index is -0.332. The Labute approximate surface area is 127 Å². The van der Waals surface area contributed by atoms with Crippen molar-refractivity contribution in [2.75, 3.05) is 17.6 Å². The maximum absolute atomic E-state index is 11.8. The quantitative estimate of drug-likeness (QED) is 0.758. The van der Waals surface area contributed by atoms with Gasteiger partial charge in [0, 0.05) is 22.0 Å². The molecule has 2 aromatic rings. The molecule has 2 rings (SSSR count). The van der Waals surface area contributed by atoms with E-state index in [0.717, 1.165) is 0 Å². The van der Waals surface area contributed by atoms with E-state index in [-0.39, 0.29) is 18.4 Å². The fourth-order valence-electron chi connectivity index (χ4n) is 1.64. The van der Waals surface area contributed by atoms with Crippen LogP contribution in [0, 0.1) is 0 Å². The number of halogens is 1. The van der Waals surface area contributed by atoms with Crippen LogP contribution in [0.4, 0.5) is 11.4 Å². The van der Waals surface area contributed by atoms with Crippen LogP contribution in [0.5, 0.6) is 0 Å². The first-order chi connectivity index (χ1) is 10.0. The second-order valence-corrected chi connectivity index (χ2v) is 4.80. The second kappa shape index (κ2) is 6.76. The van der Waals surface area contributed by atoms with Gasteiger partial charge in [0.05, 0.1) is 6.54 Å². The predicted molar refractivity (Wildman–Crippen MR) is 83.3 cm³/mol. The monoisotopic (exact) mass is 303 g/mol. The van der Waals surface area contributed by atoms with Gasteiger partial charge in [-0.25, -0.2) is 0 Å². The first-order valence-electron chi connectivity index (χ1n) is 6.24. The van der Waals surface area contributed by atoms with Gasteiger partial charge in [-0.3, -0.25) is 9.59 Å². The Hall–Kier alpha value is -2.53. The molecular formula is C15H14ClN3O2. The van der Waals surface area contributed by atoms with Crippen molar-refractivity contribution in [2.45, 2.75) is 0 Å².